The number of rotatable bonds is 9. The van der Waals surface area contributed by atoms with E-state index in [0.717, 1.165) is 5.56 Å². The van der Waals surface area contributed by atoms with Gasteiger partial charge < -0.3 is 14.2 Å². The maximum atomic E-state index is 12.9. The third kappa shape index (κ3) is 5.88. The fourth-order valence-corrected chi connectivity index (χ4v) is 4.76. The van der Waals surface area contributed by atoms with Gasteiger partial charge in [0.25, 0.3) is 0 Å². The minimum atomic E-state index is -0.0947. The molecule has 1 heterocycles. The number of aromatic nitrogens is 1. The van der Waals surface area contributed by atoms with Crippen molar-refractivity contribution >= 4 is 29.1 Å². The molecule has 37 heavy (non-hydrogen) atoms. The van der Waals surface area contributed by atoms with Gasteiger partial charge in [-0.05, 0) is 66.2 Å². The van der Waals surface area contributed by atoms with E-state index in [1.807, 2.05) is 36.4 Å². The van der Waals surface area contributed by atoms with Crippen LogP contribution < -0.4 is 14.2 Å². The summed E-state index contributed by atoms with van der Waals surface area (Å²) in [6.07, 6.45) is 0. The van der Waals surface area contributed by atoms with Crippen LogP contribution in [0.25, 0.3) is 22.4 Å². The van der Waals surface area contributed by atoms with Crippen LogP contribution >= 0.6 is 23.4 Å². The number of halogens is 1. The van der Waals surface area contributed by atoms with Crippen LogP contribution in [0.5, 0.6) is 17.2 Å². The predicted molar refractivity (Wildman–Crippen MR) is 146 cm³/mol. The molecule has 0 amide bonds. The number of methoxy groups -OCH3 is 3. The van der Waals surface area contributed by atoms with Gasteiger partial charge in [0, 0.05) is 21.7 Å². The largest absolute Gasteiger partial charge is 0.497 e. The molecule has 4 aromatic rings. The number of carbonyl (C=O) groups is 1. The Bertz CT molecular complexity index is 1470. The molecule has 0 radical (unpaired) electrons. The van der Waals surface area contributed by atoms with Gasteiger partial charge in [0.15, 0.2) is 5.78 Å². The molecule has 0 atom stereocenters. The Morgan fingerprint density at radius 1 is 0.892 bits per heavy atom. The molecule has 0 aliphatic heterocycles. The Kier molecular flexibility index (Phi) is 8.34. The molecule has 6 nitrogen and oxygen atoms in total. The summed E-state index contributed by atoms with van der Waals surface area (Å²) in [5.41, 5.74) is 3.70. The van der Waals surface area contributed by atoms with Crippen LogP contribution in [-0.2, 0) is 0 Å². The molecular formula is C29H23ClN2O4S. The van der Waals surface area contributed by atoms with E-state index in [0.29, 0.717) is 55.2 Å². The lowest BCUT2D eigenvalue weighted by Gasteiger charge is -2.15. The number of nitrogens with zero attached hydrogens (tertiary/aromatic N) is 2. The topological polar surface area (TPSA) is 81.4 Å². The average Bonchev–Trinajstić information content (AvgIpc) is 2.95. The number of ketones is 1. The van der Waals surface area contributed by atoms with Crippen LogP contribution in [0.4, 0.5) is 0 Å². The molecule has 8 heteroatoms. The van der Waals surface area contributed by atoms with Gasteiger partial charge in [-0.25, -0.2) is 4.98 Å². The Balaban J connectivity index is 1.83. The molecule has 0 fully saturated rings. The molecule has 1 aromatic heterocycles. The first kappa shape index (κ1) is 26.1. The van der Waals surface area contributed by atoms with Crippen molar-refractivity contribution in [2.24, 2.45) is 0 Å². The number of thioether (sulfide) groups is 1. The summed E-state index contributed by atoms with van der Waals surface area (Å²) in [7, 11) is 4.77. The minimum absolute atomic E-state index is 0.0947. The Labute approximate surface area is 224 Å². The highest BCUT2D eigenvalue weighted by Gasteiger charge is 2.19. The van der Waals surface area contributed by atoms with Gasteiger partial charge in [-0.2, -0.15) is 5.26 Å². The number of pyridine rings is 1. The molecule has 0 aliphatic rings. The molecule has 3 aromatic carbocycles. The van der Waals surface area contributed by atoms with E-state index in [-0.39, 0.29) is 11.5 Å². The molecule has 4 rings (SSSR count). The van der Waals surface area contributed by atoms with Crippen molar-refractivity contribution in [2.75, 3.05) is 27.1 Å². The first-order valence-electron chi connectivity index (χ1n) is 11.2. The van der Waals surface area contributed by atoms with E-state index in [1.54, 1.807) is 57.7 Å². The second-order valence-corrected chi connectivity index (χ2v) is 9.26. The lowest BCUT2D eigenvalue weighted by atomic mass is 9.98. The Morgan fingerprint density at radius 2 is 1.57 bits per heavy atom. The summed E-state index contributed by atoms with van der Waals surface area (Å²) in [6.45, 7) is 0. The highest BCUT2D eigenvalue weighted by Crippen LogP contribution is 2.39. The number of nitriles is 1. The van der Waals surface area contributed by atoms with Crippen molar-refractivity contribution < 1.29 is 19.0 Å². The van der Waals surface area contributed by atoms with E-state index < -0.39 is 0 Å². The lowest BCUT2D eigenvalue weighted by Crippen LogP contribution is -2.04. The SMILES string of the molecule is COc1ccc(-c2cc(-c3cc(OC)ccc3OC)nc(SCC(=O)c3ccc(Cl)cc3)c2C#N)cc1. The molecule has 0 unspecified atom stereocenters. The third-order valence-corrected chi connectivity index (χ3v) is 6.92. The highest BCUT2D eigenvalue weighted by molar-refractivity contribution is 8.00. The van der Waals surface area contributed by atoms with E-state index >= 15 is 0 Å². The van der Waals surface area contributed by atoms with E-state index in [2.05, 4.69) is 6.07 Å². The summed E-state index contributed by atoms with van der Waals surface area (Å²) in [5.74, 6) is 1.95. The minimum Gasteiger partial charge on any atom is -0.497 e. The smallest absolute Gasteiger partial charge is 0.173 e. The van der Waals surface area contributed by atoms with Gasteiger partial charge in [-0.15, -0.1) is 0 Å². The summed E-state index contributed by atoms with van der Waals surface area (Å²) in [4.78, 5) is 17.7. The van der Waals surface area contributed by atoms with Gasteiger partial charge in [-0.1, -0.05) is 35.5 Å². The highest BCUT2D eigenvalue weighted by atomic mass is 35.5. The lowest BCUT2D eigenvalue weighted by molar-refractivity contribution is 0.102. The first-order valence-corrected chi connectivity index (χ1v) is 12.6. The second kappa shape index (κ2) is 11.8. The Morgan fingerprint density at radius 3 is 2.19 bits per heavy atom. The van der Waals surface area contributed by atoms with Gasteiger partial charge in [0.2, 0.25) is 0 Å². The van der Waals surface area contributed by atoms with Crippen molar-refractivity contribution in [1.29, 1.82) is 5.26 Å². The monoisotopic (exact) mass is 530 g/mol. The molecular weight excluding hydrogens is 508 g/mol. The predicted octanol–water partition coefficient (Wildman–Crippen LogP) is 6.94. The maximum absolute atomic E-state index is 12.9. The molecule has 186 valence electrons. The van der Waals surface area contributed by atoms with E-state index in [9.17, 15) is 10.1 Å². The summed E-state index contributed by atoms with van der Waals surface area (Å²) in [5, 5.41) is 11.1. The van der Waals surface area contributed by atoms with Crippen LogP contribution in [0, 0.1) is 11.3 Å². The standard InChI is InChI=1S/C29H23ClN2O4S/c1-34-21-10-6-18(7-11-21)23-15-26(24-14-22(35-2)12-13-28(24)36-3)32-29(25(23)16-31)37-17-27(33)19-4-8-20(30)9-5-19/h4-15H,17H2,1-3H3. The van der Waals surface area contributed by atoms with Crippen molar-refractivity contribution in [3.63, 3.8) is 0 Å². The van der Waals surface area contributed by atoms with Crippen molar-refractivity contribution in [3.05, 3.63) is 88.9 Å². The van der Waals surface area contributed by atoms with E-state index in [4.69, 9.17) is 30.8 Å². The fourth-order valence-electron chi connectivity index (χ4n) is 3.74. The summed E-state index contributed by atoms with van der Waals surface area (Å²) < 4.78 is 16.3. The zero-order chi connectivity index (χ0) is 26.4. The molecule has 0 bridgehead atoms. The summed E-state index contributed by atoms with van der Waals surface area (Å²) >= 11 is 7.17. The quantitative estimate of drug-likeness (QED) is 0.171. The molecule has 0 aliphatic carbocycles. The molecule has 0 saturated carbocycles. The first-order chi connectivity index (χ1) is 18.0. The van der Waals surface area contributed by atoms with Gasteiger partial charge in [0.1, 0.15) is 28.3 Å². The van der Waals surface area contributed by atoms with Crippen molar-refractivity contribution in [1.82, 2.24) is 4.98 Å². The zero-order valence-electron chi connectivity index (χ0n) is 20.4. The van der Waals surface area contributed by atoms with Gasteiger partial charge in [0.05, 0.1) is 38.3 Å². The average molecular weight is 531 g/mol. The number of carbonyl (C=O) groups excluding carboxylic acids is 1. The van der Waals surface area contributed by atoms with E-state index in [1.165, 1.54) is 11.8 Å². The number of benzene rings is 3. The van der Waals surface area contributed by atoms with Crippen LogP contribution in [0.1, 0.15) is 15.9 Å². The second-order valence-electron chi connectivity index (χ2n) is 7.86. The Hall–Kier alpha value is -3.99. The van der Waals surface area contributed by atoms with Gasteiger partial charge in [-0.3, -0.25) is 4.79 Å². The maximum Gasteiger partial charge on any atom is 0.173 e. The third-order valence-electron chi connectivity index (χ3n) is 5.69. The fraction of sp³-hybridized carbons (Fsp3) is 0.138. The zero-order valence-corrected chi connectivity index (χ0v) is 22.0. The number of ether oxygens (including phenoxy) is 3. The van der Waals surface area contributed by atoms with Crippen LogP contribution in [-0.4, -0.2) is 37.8 Å². The number of hydrogen-bond donors (Lipinski definition) is 0. The number of hydrogen-bond acceptors (Lipinski definition) is 7. The van der Waals surface area contributed by atoms with Crippen LogP contribution in [0.3, 0.4) is 0 Å². The molecule has 0 saturated heterocycles. The molecule has 0 spiro atoms. The normalized spacial score (nSPS) is 10.5. The van der Waals surface area contributed by atoms with Crippen molar-refractivity contribution in [2.45, 2.75) is 5.03 Å². The number of Topliss-reactive ketones (excluding diaryl/α,β-unsaturated/α-hetero) is 1. The van der Waals surface area contributed by atoms with Crippen LogP contribution in [0.15, 0.2) is 77.8 Å². The molecule has 0 N–H and O–H groups in total. The van der Waals surface area contributed by atoms with Crippen LogP contribution in [0.2, 0.25) is 5.02 Å². The van der Waals surface area contributed by atoms with Gasteiger partial charge >= 0.3 is 0 Å². The van der Waals surface area contributed by atoms with Crippen molar-refractivity contribution in [3.8, 4) is 45.7 Å². The summed E-state index contributed by atoms with van der Waals surface area (Å²) in [6, 6.07) is 23.7.